The van der Waals surface area contributed by atoms with Gasteiger partial charge in [-0.05, 0) is 6.92 Å². The Hall–Kier alpha value is -0.740. The fraction of sp³-hybridized carbons (Fsp3) is 0.556. The van der Waals surface area contributed by atoms with Gasteiger partial charge in [0.1, 0.15) is 6.29 Å². The van der Waals surface area contributed by atoms with Crippen molar-refractivity contribution in [2.75, 3.05) is 13.2 Å². The van der Waals surface area contributed by atoms with Crippen molar-refractivity contribution < 1.29 is 9.53 Å². The van der Waals surface area contributed by atoms with Crippen molar-refractivity contribution in [2.24, 2.45) is 0 Å². The molecule has 0 atom stereocenters. The van der Waals surface area contributed by atoms with Gasteiger partial charge < -0.3 is 9.53 Å². The summed E-state index contributed by atoms with van der Waals surface area (Å²) >= 11 is 1.65. The molecule has 0 saturated carbocycles. The fourth-order valence-electron chi connectivity index (χ4n) is 0.965. The van der Waals surface area contributed by atoms with E-state index in [4.69, 9.17) is 4.74 Å². The number of hydrogen-bond donors (Lipinski definition) is 0. The van der Waals surface area contributed by atoms with E-state index in [-0.39, 0.29) is 0 Å². The predicted molar refractivity (Wildman–Crippen MR) is 52.1 cm³/mol. The van der Waals surface area contributed by atoms with Crippen LogP contribution in [0.3, 0.4) is 0 Å². The fourth-order valence-corrected chi connectivity index (χ4v) is 1.73. The van der Waals surface area contributed by atoms with Crippen LogP contribution in [0.2, 0.25) is 0 Å². The zero-order chi connectivity index (χ0) is 9.52. The quantitative estimate of drug-likeness (QED) is 0.516. The third-order valence-corrected chi connectivity index (χ3v) is 2.69. The molecule has 4 heteroatoms. The molecular formula is C9H13NO2S. The molecule has 0 amide bonds. The number of rotatable bonds is 6. The zero-order valence-corrected chi connectivity index (χ0v) is 8.47. The summed E-state index contributed by atoms with van der Waals surface area (Å²) in [6.07, 6.45) is 2.26. The van der Waals surface area contributed by atoms with Gasteiger partial charge in [0, 0.05) is 17.7 Å². The van der Waals surface area contributed by atoms with Crippen LogP contribution in [0.4, 0.5) is 0 Å². The minimum atomic E-state index is 0.488. The maximum atomic E-state index is 9.96. The van der Waals surface area contributed by atoms with Crippen LogP contribution >= 0.6 is 11.3 Å². The number of aryl methyl sites for hydroxylation is 1. The number of aldehydes is 1. The summed E-state index contributed by atoms with van der Waals surface area (Å²) in [4.78, 5) is 15.4. The molecule has 3 nitrogen and oxygen atoms in total. The van der Waals surface area contributed by atoms with Crippen LogP contribution in [0.25, 0.3) is 0 Å². The molecule has 0 aliphatic carbocycles. The lowest BCUT2D eigenvalue weighted by molar-refractivity contribution is -0.108. The Morgan fingerprint density at radius 1 is 1.62 bits per heavy atom. The first-order chi connectivity index (χ1) is 6.34. The van der Waals surface area contributed by atoms with Crippen LogP contribution < -0.4 is 0 Å². The second-order valence-corrected chi connectivity index (χ2v) is 3.62. The summed E-state index contributed by atoms with van der Waals surface area (Å²) in [6.45, 7) is 3.20. The van der Waals surface area contributed by atoms with Gasteiger partial charge in [-0.15, -0.1) is 11.3 Å². The van der Waals surface area contributed by atoms with E-state index in [0.717, 1.165) is 18.4 Å². The standard InChI is InChI=1S/C9H13NO2S/c1-8-9(13-7-10-8)3-6-12-5-2-4-11/h4,7H,2-3,5-6H2,1H3. The van der Waals surface area contributed by atoms with E-state index in [1.54, 1.807) is 11.3 Å². The summed E-state index contributed by atoms with van der Waals surface area (Å²) in [5.41, 5.74) is 2.93. The van der Waals surface area contributed by atoms with Gasteiger partial charge in [-0.1, -0.05) is 0 Å². The van der Waals surface area contributed by atoms with Crippen LogP contribution in [0.5, 0.6) is 0 Å². The number of aromatic nitrogens is 1. The summed E-state index contributed by atoms with van der Waals surface area (Å²) in [5, 5.41) is 0. The van der Waals surface area contributed by atoms with Gasteiger partial charge in [0.2, 0.25) is 0 Å². The van der Waals surface area contributed by atoms with E-state index in [9.17, 15) is 4.79 Å². The molecule has 0 fully saturated rings. The number of thiazole rings is 1. The van der Waals surface area contributed by atoms with E-state index < -0.39 is 0 Å². The van der Waals surface area contributed by atoms with Gasteiger partial charge in [-0.25, -0.2) is 4.98 Å². The summed E-state index contributed by atoms with van der Waals surface area (Å²) in [6, 6.07) is 0. The Balaban J connectivity index is 2.13. The highest BCUT2D eigenvalue weighted by atomic mass is 32.1. The first kappa shape index (κ1) is 10.3. The maximum Gasteiger partial charge on any atom is 0.122 e. The molecule has 1 rings (SSSR count). The summed E-state index contributed by atoms with van der Waals surface area (Å²) in [5.74, 6) is 0. The molecular weight excluding hydrogens is 186 g/mol. The smallest absolute Gasteiger partial charge is 0.122 e. The third-order valence-electron chi connectivity index (χ3n) is 1.70. The zero-order valence-electron chi connectivity index (χ0n) is 7.66. The van der Waals surface area contributed by atoms with Crippen LogP contribution in [-0.2, 0) is 16.0 Å². The average Bonchev–Trinajstić information content (AvgIpc) is 2.52. The maximum absolute atomic E-state index is 9.96. The lowest BCUT2D eigenvalue weighted by Gasteiger charge is -2.00. The van der Waals surface area contributed by atoms with E-state index in [1.807, 2.05) is 12.4 Å². The highest BCUT2D eigenvalue weighted by molar-refractivity contribution is 7.09. The van der Waals surface area contributed by atoms with Crippen LogP contribution in [0.1, 0.15) is 17.0 Å². The molecule has 0 aromatic carbocycles. The highest BCUT2D eigenvalue weighted by Gasteiger charge is 2.00. The van der Waals surface area contributed by atoms with Crippen LogP contribution in [0, 0.1) is 6.92 Å². The lowest BCUT2D eigenvalue weighted by Crippen LogP contribution is -2.00. The summed E-state index contributed by atoms with van der Waals surface area (Å²) < 4.78 is 5.25. The van der Waals surface area contributed by atoms with Crippen LogP contribution in [-0.4, -0.2) is 24.5 Å². The van der Waals surface area contributed by atoms with Gasteiger partial charge in [0.05, 0.1) is 24.4 Å². The molecule has 0 saturated heterocycles. The molecule has 0 aliphatic rings. The normalized spacial score (nSPS) is 10.2. The molecule has 0 aliphatic heterocycles. The van der Waals surface area contributed by atoms with E-state index in [2.05, 4.69) is 4.98 Å². The number of carbonyl (C=O) groups excluding carboxylic acids is 1. The molecule has 0 spiro atoms. The SMILES string of the molecule is Cc1ncsc1CCOCCC=O. The minimum absolute atomic E-state index is 0.488. The van der Waals surface area contributed by atoms with Gasteiger partial charge in [0.25, 0.3) is 0 Å². The van der Waals surface area contributed by atoms with Crippen molar-refractivity contribution in [3.8, 4) is 0 Å². The van der Waals surface area contributed by atoms with Gasteiger partial charge in [-0.2, -0.15) is 0 Å². The minimum Gasteiger partial charge on any atom is -0.381 e. The second kappa shape index (κ2) is 5.83. The Morgan fingerprint density at radius 3 is 3.08 bits per heavy atom. The molecule has 1 heterocycles. The number of hydrogen-bond acceptors (Lipinski definition) is 4. The van der Waals surface area contributed by atoms with Crippen molar-refractivity contribution in [3.63, 3.8) is 0 Å². The second-order valence-electron chi connectivity index (χ2n) is 2.68. The Bertz CT molecular complexity index is 260. The van der Waals surface area contributed by atoms with Crippen molar-refractivity contribution in [3.05, 3.63) is 16.1 Å². The molecule has 0 bridgehead atoms. The summed E-state index contributed by atoms with van der Waals surface area (Å²) in [7, 11) is 0. The highest BCUT2D eigenvalue weighted by Crippen LogP contribution is 2.12. The molecule has 1 aromatic rings. The van der Waals surface area contributed by atoms with Crippen molar-refractivity contribution in [2.45, 2.75) is 19.8 Å². The number of nitrogens with zero attached hydrogens (tertiary/aromatic N) is 1. The first-order valence-electron chi connectivity index (χ1n) is 4.25. The Labute approximate surface area is 81.8 Å². The van der Waals surface area contributed by atoms with Crippen molar-refractivity contribution >= 4 is 17.6 Å². The number of carbonyl (C=O) groups is 1. The molecule has 1 aromatic heterocycles. The average molecular weight is 199 g/mol. The van der Waals surface area contributed by atoms with Gasteiger partial charge in [0.15, 0.2) is 0 Å². The van der Waals surface area contributed by atoms with Crippen LogP contribution in [0.15, 0.2) is 5.51 Å². The van der Waals surface area contributed by atoms with Gasteiger partial charge >= 0.3 is 0 Å². The largest absolute Gasteiger partial charge is 0.381 e. The van der Waals surface area contributed by atoms with E-state index >= 15 is 0 Å². The Kier molecular flexibility index (Phi) is 4.64. The predicted octanol–water partition coefficient (Wildman–Crippen LogP) is 1.60. The molecule has 0 unspecified atom stereocenters. The third kappa shape index (κ3) is 3.65. The molecule has 0 radical (unpaired) electrons. The van der Waals surface area contributed by atoms with E-state index in [0.29, 0.717) is 19.6 Å². The van der Waals surface area contributed by atoms with Crippen molar-refractivity contribution in [1.29, 1.82) is 0 Å². The number of ether oxygens (including phenoxy) is 1. The topological polar surface area (TPSA) is 39.2 Å². The van der Waals surface area contributed by atoms with E-state index in [1.165, 1.54) is 4.88 Å². The molecule has 0 N–H and O–H groups in total. The Morgan fingerprint density at radius 2 is 2.46 bits per heavy atom. The van der Waals surface area contributed by atoms with Crippen molar-refractivity contribution in [1.82, 2.24) is 4.98 Å². The molecule has 13 heavy (non-hydrogen) atoms. The monoisotopic (exact) mass is 199 g/mol. The first-order valence-corrected chi connectivity index (χ1v) is 5.13. The lowest BCUT2D eigenvalue weighted by atomic mass is 10.3. The molecule has 72 valence electrons. The van der Waals surface area contributed by atoms with Gasteiger partial charge in [-0.3, -0.25) is 0 Å².